The van der Waals surface area contributed by atoms with E-state index in [0.717, 1.165) is 32.1 Å². The molecule has 3 heteroatoms. The van der Waals surface area contributed by atoms with Crippen molar-refractivity contribution in [2.75, 3.05) is 31.2 Å². The van der Waals surface area contributed by atoms with E-state index in [4.69, 9.17) is 4.74 Å². The second kappa shape index (κ2) is 3.54. The number of aromatic nitrogens is 1. The highest BCUT2D eigenvalue weighted by Gasteiger charge is 2.10. The number of ether oxygens (including phenoxy) is 1. The van der Waals surface area contributed by atoms with Gasteiger partial charge in [0.15, 0.2) is 0 Å². The number of hydrogen-bond acceptors (Lipinski definition) is 3. The molecule has 0 spiro atoms. The summed E-state index contributed by atoms with van der Waals surface area (Å²) in [5.74, 6) is 1.00. The Labute approximate surface area is 72.0 Å². The first-order valence-corrected chi connectivity index (χ1v) is 4.12. The van der Waals surface area contributed by atoms with Gasteiger partial charge in [-0.3, -0.25) is 0 Å². The van der Waals surface area contributed by atoms with Crippen LogP contribution in [-0.4, -0.2) is 31.3 Å². The molecule has 2 heterocycles. The zero-order valence-corrected chi connectivity index (χ0v) is 6.86. The molecule has 1 aromatic rings. The monoisotopic (exact) mass is 163 g/mol. The molecule has 1 aliphatic heterocycles. The standard InChI is InChI=1S/C9H11N2O/c1-2-4-10-9(3-1)11-5-7-12-8-6-11/h1-3H,5-8H2. The van der Waals surface area contributed by atoms with Gasteiger partial charge in [-0.2, -0.15) is 0 Å². The third kappa shape index (κ3) is 1.56. The predicted molar refractivity (Wildman–Crippen MR) is 46.1 cm³/mol. The second-order valence-electron chi connectivity index (χ2n) is 2.72. The van der Waals surface area contributed by atoms with Crippen LogP contribution >= 0.6 is 0 Å². The van der Waals surface area contributed by atoms with Crippen molar-refractivity contribution in [3.05, 3.63) is 24.4 Å². The molecular formula is C9H11N2O. The number of anilines is 1. The zero-order chi connectivity index (χ0) is 8.23. The lowest BCUT2D eigenvalue weighted by Crippen LogP contribution is -2.36. The van der Waals surface area contributed by atoms with Crippen LogP contribution in [0, 0.1) is 6.20 Å². The van der Waals surface area contributed by atoms with Crippen LogP contribution in [0.4, 0.5) is 5.82 Å². The Hall–Kier alpha value is -1.09. The van der Waals surface area contributed by atoms with E-state index in [1.165, 1.54) is 0 Å². The Morgan fingerprint density at radius 2 is 2.25 bits per heavy atom. The molecule has 1 aliphatic rings. The first-order valence-electron chi connectivity index (χ1n) is 4.12. The van der Waals surface area contributed by atoms with Gasteiger partial charge in [-0.15, -0.1) is 0 Å². The van der Waals surface area contributed by atoms with Crippen molar-refractivity contribution in [1.82, 2.24) is 4.98 Å². The van der Waals surface area contributed by atoms with E-state index in [-0.39, 0.29) is 0 Å². The smallest absolute Gasteiger partial charge is 0.129 e. The summed E-state index contributed by atoms with van der Waals surface area (Å²) >= 11 is 0. The highest BCUT2D eigenvalue weighted by Crippen LogP contribution is 2.09. The Balaban J connectivity index is 2.08. The Kier molecular flexibility index (Phi) is 2.23. The summed E-state index contributed by atoms with van der Waals surface area (Å²) in [6, 6.07) is 5.77. The summed E-state index contributed by atoms with van der Waals surface area (Å²) in [4.78, 5) is 6.36. The maximum Gasteiger partial charge on any atom is 0.129 e. The summed E-state index contributed by atoms with van der Waals surface area (Å²) in [7, 11) is 0. The minimum absolute atomic E-state index is 0.802. The van der Waals surface area contributed by atoms with Crippen LogP contribution in [0.15, 0.2) is 18.2 Å². The minimum atomic E-state index is 0.802. The molecule has 0 aromatic carbocycles. The lowest BCUT2D eigenvalue weighted by molar-refractivity contribution is 0.122. The van der Waals surface area contributed by atoms with E-state index in [2.05, 4.69) is 16.1 Å². The molecule has 0 N–H and O–H groups in total. The maximum atomic E-state index is 5.24. The number of hydrogen-bond donors (Lipinski definition) is 0. The van der Waals surface area contributed by atoms with Gasteiger partial charge in [-0.05, 0) is 12.1 Å². The zero-order valence-electron chi connectivity index (χ0n) is 6.86. The maximum absolute atomic E-state index is 5.24. The van der Waals surface area contributed by atoms with Gasteiger partial charge < -0.3 is 9.64 Å². The lowest BCUT2D eigenvalue weighted by atomic mass is 10.4. The van der Waals surface area contributed by atoms with Gasteiger partial charge in [0.25, 0.3) is 0 Å². The SMILES string of the molecule is [c]1cccc(N2CCOCC2)n1. The van der Waals surface area contributed by atoms with E-state index >= 15 is 0 Å². The first kappa shape index (κ1) is 7.55. The molecule has 3 nitrogen and oxygen atoms in total. The molecule has 0 saturated carbocycles. The van der Waals surface area contributed by atoms with E-state index in [1.807, 2.05) is 18.2 Å². The van der Waals surface area contributed by atoms with Gasteiger partial charge in [0.2, 0.25) is 0 Å². The highest BCUT2D eigenvalue weighted by molar-refractivity contribution is 5.37. The predicted octanol–water partition coefficient (Wildman–Crippen LogP) is 0.718. The van der Waals surface area contributed by atoms with Crippen LogP contribution in [0.25, 0.3) is 0 Å². The van der Waals surface area contributed by atoms with Gasteiger partial charge >= 0.3 is 0 Å². The normalized spacial score (nSPS) is 17.8. The third-order valence-electron chi connectivity index (χ3n) is 1.93. The first-order chi connectivity index (χ1) is 5.97. The molecule has 0 amide bonds. The van der Waals surface area contributed by atoms with Crippen LogP contribution in [0.1, 0.15) is 0 Å². The quantitative estimate of drug-likeness (QED) is 0.610. The molecule has 1 fully saturated rings. The molecule has 1 aromatic heterocycles. The van der Waals surface area contributed by atoms with Crippen LogP contribution in [0.3, 0.4) is 0 Å². The van der Waals surface area contributed by atoms with Gasteiger partial charge in [0, 0.05) is 13.1 Å². The van der Waals surface area contributed by atoms with Crippen LogP contribution in [0.2, 0.25) is 0 Å². The summed E-state index contributed by atoms with van der Waals surface area (Å²) in [6.07, 6.45) is 2.83. The van der Waals surface area contributed by atoms with E-state index in [9.17, 15) is 0 Å². The van der Waals surface area contributed by atoms with Crippen LogP contribution in [0.5, 0.6) is 0 Å². The average Bonchev–Trinajstić information content (AvgIpc) is 2.21. The van der Waals surface area contributed by atoms with Crippen molar-refractivity contribution in [3.63, 3.8) is 0 Å². The molecule has 0 unspecified atom stereocenters. The summed E-state index contributed by atoms with van der Waals surface area (Å²) in [6.45, 7) is 3.48. The van der Waals surface area contributed by atoms with Crippen molar-refractivity contribution in [1.29, 1.82) is 0 Å². The Morgan fingerprint density at radius 1 is 1.42 bits per heavy atom. The number of pyridine rings is 1. The largest absolute Gasteiger partial charge is 0.378 e. The molecule has 2 rings (SSSR count). The van der Waals surface area contributed by atoms with Crippen molar-refractivity contribution < 1.29 is 4.74 Å². The topological polar surface area (TPSA) is 25.4 Å². The number of rotatable bonds is 1. The van der Waals surface area contributed by atoms with Gasteiger partial charge in [0.05, 0.1) is 19.4 Å². The van der Waals surface area contributed by atoms with Crippen LogP contribution in [-0.2, 0) is 4.74 Å². The summed E-state index contributed by atoms with van der Waals surface area (Å²) in [5, 5.41) is 0. The van der Waals surface area contributed by atoms with E-state index in [0.29, 0.717) is 0 Å². The second-order valence-corrected chi connectivity index (χ2v) is 2.72. The van der Waals surface area contributed by atoms with Gasteiger partial charge in [0.1, 0.15) is 5.82 Å². The molecule has 0 aliphatic carbocycles. The average molecular weight is 163 g/mol. The molecule has 12 heavy (non-hydrogen) atoms. The lowest BCUT2D eigenvalue weighted by Gasteiger charge is -2.27. The minimum Gasteiger partial charge on any atom is -0.378 e. The Bertz CT molecular complexity index is 232. The molecule has 1 saturated heterocycles. The number of morpholine rings is 1. The molecule has 0 bridgehead atoms. The van der Waals surface area contributed by atoms with Crippen molar-refractivity contribution in [3.8, 4) is 0 Å². The van der Waals surface area contributed by atoms with Gasteiger partial charge in [-0.1, -0.05) is 6.07 Å². The molecule has 63 valence electrons. The summed E-state index contributed by atoms with van der Waals surface area (Å²) in [5.41, 5.74) is 0. The Morgan fingerprint density at radius 3 is 2.92 bits per heavy atom. The van der Waals surface area contributed by atoms with Crippen molar-refractivity contribution >= 4 is 5.82 Å². The summed E-state index contributed by atoms with van der Waals surface area (Å²) < 4.78 is 5.24. The fraction of sp³-hybridized carbons (Fsp3) is 0.444. The van der Waals surface area contributed by atoms with E-state index < -0.39 is 0 Å². The highest BCUT2D eigenvalue weighted by atomic mass is 16.5. The van der Waals surface area contributed by atoms with Gasteiger partial charge in [-0.25, -0.2) is 4.98 Å². The molecular weight excluding hydrogens is 152 g/mol. The molecule has 1 radical (unpaired) electrons. The fourth-order valence-corrected chi connectivity index (χ4v) is 1.29. The van der Waals surface area contributed by atoms with Crippen LogP contribution < -0.4 is 4.90 Å². The molecule has 0 atom stereocenters. The van der Waals surface area contributed by atoms with E-state index in [1.54, 1.807) is 0 Å². The third-order valence-corrected chi connectivity index (χ3v) is 1.93. The fourth-order valence-electron chi connectivity index (χ4n) is 1.29. The van der Waals surface area contributed by atoms with Crippen molar-refractivity contribution in [2.45, 2.75) is 0 Å². The van der Waals surface area contributed by atoms with Crippen molar-refractivity contribution in [2.24, 2.45) is 0 Å². The number of nitrogens with zero attached hydrogens (tertiary/aromatic N) is 2.